The standard InChI is InChI=1S/C21H39N9O6/c22-13(16(31)32)7-1-4-10-25-19-28-20(26-11-5-2-8-14(23)17(33)34)30-21(29-19)27-12-6-3-9-15(24)18(35)36/h13-15H,1-12,22-24H2,(H,31,32)(H,33,34)(H,35,36)(H3,25,26,27,28,29,30). The van der Waals surface area contributed by atoms with Crippen molar-refractivity contribution in [1.29, 1.82) is 0 Å². The smallest absolute Gasteiger partial charge is 0.320 e. The Morgan fingerprint density at radius 2 is 0.806 bits per heavy atom. The molecule has 0 saturated heterocycles. The van der Waals surface area contributed by atoms with Crippen LogP contribution in [0, 0.1) is 0 Å². The molecular weight excluding hydrogens is 474 g/mol. The van der Waals surface area contributed by atoms with Crippen LogP contribution >= 0.6 is 0 Å². The number of aromatic nitrogens is 3. The minimum absolute atomic E-state index is 0.332. The van der Waals surface area contributed by atoms with Gasteiger partial charge in [0, 0.05) is 19.6 Å². The van der Waals surface area contributed by atoms with Crippen LogP contribution in [0.3, 0.4) is 0 Å². The predicted octanol–water partition coefficient (Wildman–Crippen LogP) is -0.146. The first-order valence-corrected chi connectivity index (χ1v) is 12.0. The van der Waals surface area contributed by atoms with Crippen molar-refractivity contribution >= 4 is 35.8 Å². The van der Waals surface area contributed by atoms with Gasteiger partial charge in [0.2, 0.25) is 17.8 Å². The molecule has 0 aliphatic carbocycles. The summed E-state index contributed by atoms with van der Waals surface area (Å²) in [4.78, 5) is 45.4. The second-order valence-corrected chi connectivity index (χ2v) is 8.41. The van der Waals surface area contributed by atoms with Gasteiger partial charge in [-0.15, -0.1) is 0 Å². The summed E-state index contributed by atoms with van der Waals surface area (Å²) in [7, 11) is 0. The largest absolute Gasteiger partial charge is 0.480 e. The second kappa shape index (κ2) is 17.2. The number of nitrogens with one attached hydrogen (secondary N) is 3. The molecule has 36 heavy (non-hydrogen) atoms. The van der Waals surface area contributed by atoms with E-state index < -0.39 is 36.0 Å². The lowest BCUT2D eigenvalue weighted by Gasteiger charge is -2.12. The third-order valence-electron chi connectivity index (χ3n) is 5.26. The lowest BCUT2D eigenvalue weighted by Crippen LogP contribution is -2.29. The van der Waals surface area contributed by atoms with Crippen LogP contribution in [-0.4, -0.2) is 85.9 Å². The number of carboxylic acids is 3. The molecule has 3 atom stereocenters. The van der Waals surface area contributed by atoms with Crippen LogP contribution in [-0.2, 0) is 14.4 Å². The predicted molar refractivity (Wildman–Crippen MR) is 134 cm³/mol. The van der Waals surface area contributed by atoms with Gasteiger partial charge in [0.25, 0.3) is 0 Å². The van der Waals surface area contributed by atoms with E-state index >= 15 is 0 Å². The molecule has 3 unspecified atom stereocenters. The van der Waals surface area contributed by atoms with Crippen molar-refractivity contribution in [3.05, 3.63) is 0 Å². The zero-order valence-corrected chi connectivity index (χ0v) is 20.4. The second-order valence-electron chi connectivity index (χ2n) is 8.41. The maximum Gasteiger partial charge on any atom is 0.320 e. The van der Waals surface area contributed by atoms with Gasteiger partial charge in [0.05, 0.1) is 0 Å². The average molecular weight is 514 g/mol. The Kier molecular flexibility index (Phi) is 14.7. The van der Waals surface area contributed by atoms with Crippen LogP contribution in [0.4, 0.5) is 17.8 Å². The highest BCUT2D eigenvalue weighted by Gasteiger charge is 2.13. The summed E-state index contributed by atoms with van der Waals surface area (Å²) < 4.78 is 0. The Morgan fingerprint density at radius 1 is 0.556 bits per heavy atom. The molecule has 1 rings (SSSR count). The Morgan fingerprint density at radius 3 is 1.03 bits per heavy atom. The van der Waals surface area contributed by atoms with Gasteiger partial charge in [-0.25, -0.2) is 0 Å². The summed E-state index contributed by atoms with van der Waals surface area (Å²) in [5.74, 6) is -2.08. The first-order valence-electron chi connectivity index (χ1n) is 12.0. The Hall–Kier alpha value is -3.30. The third-order valence-corrected chi connectivity index (χ3v) is 5.26. The highest BCUT2D eigenvalue weighted by molar-refractivity contribution is 5.73. The zero-order chi connectivity index (χ0) is 26.9. The zero-order valence-electron chi connectivity index (χ0n) is 20.4. The van der Waals surface area contributed by atoms with Crippen molar-refractivity contribution in [2.75, 3.05) is 35.6 Å². The number of aliphatic carboxylic acids is 3. The van der Waals surface area contributed by atoms with E-state index in [0.717, 1.165) is 0 Å². The highest BCUT2D eigenvalue weighted by atomic mass is 16.4. The quantitative estimate of drug-likeness (QED) is 0.0967. The number of carboxylic acid groups (broad SMARTS) is 3. The molecule has 0 spiro atoms. The molecule has 15 nitrogen and oxygen atoms in total. The molecule has 0 aliphatic rings. The van der Waals surface area contributed by atoms with Gasteiger partial charge < -0.3 is 48.5 Å². The number of carbonyl (C=O) groups is 3. The molecule has 0 radical (unpaired) electrons. The minimum Gasteiger partial charge on any atom is -0.480 e. The van der Waals surface area contributed by atoms with Gasteiger partial charge in [-0.05, 0) is 57.8 Å². The Bertz CT molecular complexity index is 712. The first kappa shape index (κ1) is 30.7. The molecule has 1 aromatic heterocycles. The lowest BCUT2D eigenvalue weighted by atomic mass is 10.1. The summed E-state index contributed by atoms with van der Waals surface area (Å²) in [5, 5.41) is 35.8. The fourth-order valence-corrected chi connectivity index (χ4v) is 3.05. The number of nitrogens with two attached hydrogens (primary N) is 3. The van der Waals surface area contributed by atoms with Gasteiger partial charge in [-0.1, -0.05) is 0 Å². The van der Waals surface area contributed by atoms with E-state index in [9.17, 15) is 14.4 Å². The van der Waals surface area contributed by atoms with Crippen LogP contribution in [0.25, 0.3) is 0 Å². The summed E-state index contributed by atoms with van der Waals surface area (Å²) in [6, 6.07) is -2.66. The van der Waals surface area contributed by atoms with Crippen molar-refractivity contribution in [2.24, 2.45) is 17.2 Å². The number of unbranched alkanes of at least 4 members (excludes halogenated alkanes) is 3. The van der Waals surface area contributed by atoms with Gasteiger partial charge in [0.15, 0.2) is 0 Å². The Labute approximate surface area is 209 Å². The maximum atomic E-state index is 10.8. The molecule has 0 bridgehead atoms. The molecular formula is C21H39N9O6. The molecule has 12 N–H and O–H groups in total. The van der Waals surface area contributed by atoms with E-state index in [1.54, 1.807) is 0 Å². The van der Waals surface area contributed by atoms with Crippen molar-refractivity contribution in [1.82, 2.24) is 15.0 Å². The average Bonchev–Trinajstić information content (AvgIpc) is 2.82. The van der Waals surface area contributed by atoms with E-state index in [4.69, 9.17) is 32.5 Å². The van der Waals surface area contributed by atoms with Crippen LogP contribution in [0.5, 0.6) is 0 Å². The third kappa shape index (κ3) is 13.6. The van der Waals surface area contributed by atoms with Crippen molar-refractivity contribution < 1.29 is 29.7 Å². The summed E-state index contributed by atoms with van der Waals surface area (Å²) >= 11 is 0. The fraction of sp³-hybridized carbons (Fsp3) is 0.714. The first-order chi connectivity index (χ1) is 17.1. The van der Waals surface area contributed by atoms with E-state index in [0.29, 0.717) is 95.3 Å². The van der Waals surface area contributed by atoms with Crippen molar-refractivity contribution in [3.8, 4) is 0 Å². The van der Waals surface area contributed by atoms with Gasteiger partial charge >= 0.3 is 17.9 Å². The van der Waals surface area contributed by atoms with Gasteiger partial charge in [-0.2, -0.15) is 15.0 Å². The fourth-order valence-electron chi connectivity index (χ4n) is 3.05. The highest BCUT2D eigenvalue weighted by Crippen LogP contribution is 2.11. The summed E-state index contributed by atoms with van der Waals surface area (Å²) in [6.07, 6.45) is 4.99. The summed E-state index contributed by atoms with van der Waals surface area (Å²) in [5.41, 5.74) is 16.5. The van der Waals surface area contributed by atoms with Crippen LogP contribution in [0.2, 0.25) is 0 Å². The van der Waals surface area contributed by atoms with E-state index in [2.05, 4.69) is 30.9 Å². The van der Waals surface area contributed by atoms with Gasteiger partial charge in [-0.3, -0.25) is 14.4 Å². The van der Waals surface area contributed by atoms with Crippen LogP contribution < -0.4 is 33.2 Å². The molecule has 0 aliphatic heterocycles. The van der Waals surface area contributed by atoms with Gasteiger partial charge in [0.1, 0.15) is 18.1 Å². The van der Waals surface area contributed by atoms with Crippen molar-refractivity contribution in [3.63, 3.8) is 0 Å². The number of anilines is 3. The van der Waals surface area contributed by atoms with Crippen molar-refractivity contribution in [2.45, 2.75) is 75.9 Å². The molecule has 0 aromatic carbocycles. The number of nitrogens with zero attached hydrogens (tertiary/aromatic N) is 3. The normalized spacial score (nSPS) is 13.4. The monoisotopic (exact) mass is 513 g/mol. The van der Waals surface area contributed by atoms with Crippen LogP contribution in [0.1, 0.15) is 57.8 Å². The number of rotatable bonds is 21. The molecule has 204 valence electrons. The molecule has 0 amide bonds. The molecule has 1 aromatic rings. The molecule has 0 fully saturated rings. The topological polar surface area (TPSA) is 265 Å². The molecule has 1 heterocycles. The summed E-state index contributed by atoms with van der Waals surface area (Å²) in [6.45, 7) is 1.53. The van der Waals surface area contributed by atoms with E-state index in [-0.39, 0.29) is 0 Å². The SMILES string of the molecule is NC(CCCCNc1nc(NCCCCC(N)C(=O)O)nc(NCCCCC(N)C(=O)O)n1)C(=O)O. The lowest BCUT2D eigenvalue weighted by molar-refractivity contribution is -0.139. The van der Waals surface area contributed by atoms with E-state index in [1.807, 2.05) is 0 Å². The molecule has 0 saturated carbocycles. The maximum absolute atomic E-state index is 10.8. The number of hydrogen-bond donors (Lipinski definition) is 9. The minimum atomic E-state index is -1.03. The Balaban J connectivity index is 2.59. The van der Waals surface area contributed by atoms with Crippen LogP contribution in [0.15, 0.2) is 0 Å². The number of hydrogen-bond acceptors (Lipinski definition) is 12. The molecule has 15 heteroatoms. The van der Waals surface area contributed by atoms with E-state index in [1.165, 1.54) is 0 Å².